The molecule has 0 aromatic carbocycles. The van der Waals surface area contributed by atoms with Gasteiger partial charge in [-0.3, -0.25) is 10.3 Å². The maximum Gasteiger partial charge on any atom is 0.410 e. The Balaban J connectivity index is 1.43. The fraction of sp³-hybridized carbons (Fsp3) is 0.111. The molecule has 2 N–H and O–H groups in total. The number of halogens is 2. The highest BCUT2D eigenvalue weighted by atomic mass is 19.3. The van der Waals surface area contributed by atoms with Crippen molar-refractivity contribution in [1.29, 1.82) is 0 Å². The molecule has 0 spiro atoms. The monoisotopic (exact) mass is 413 g/mol. The Kier molecular flexibility index (Phi) is 5.11. The number of imidazole rings is 1. The average molecular weight is 413 g/mol. The Hall–Kier alpha value is -4.22. The second kappa shape index (κ2) is 8.03. The number of pyridine rings is 2. The minimum Gasteiger partial charge on any atom is -0.465 e. The smallest absolute Gasteiger partial charge is 0.410 e. The molecule has 4 aromatic rings. The number of hydrogen-bond acceptors (Lipinski definition) is 7. The number of hydrogen-bond donors (Lipinski definition) is 2. The van der Waals surface area contributed by atoms with Crippen LogP contribution in [0.3, 0.4) is 0 Å². The summed E-state index contributed by atoms with van der Waals surface area (Å²) in [5.74, 6) is -0.541. The molecule has 0 saturated carbocycles. The zero-order valence-electron chi connectivity index (χ0n) is 15.1. The largest absolute Gasteiger partial charge is 0.465 e. The SMILES string of the molecule is O=C(O)Nc1ccc(-c2cn(Cc3ccc(-c4nnc(C(F)F)o4)cn3)cn2)cn1. The number of rotatable bonds is 6. The lowest BCUT2D eigenvalue weighted by Gasteiger charge is -2.03. The lowest BCUT2D eigenvalue weighted by atomic mass is 10.2. The van der Waals surface area contributed by atoms with Crippen molar-refractivity contribution >= 4 is 11.9 Å². The molecule has 12 heteroatoms. The zero-order valence-corrected chi connectivity index (χ0v) is 15.1. The Morgan fingerprint density at radius 2 is 1.90 bits per heavy atom. The molecule has 4 aromatic heterocycles. The fourth-order valence-corrected chi connectivity index (χ4v) is 2.60. The Bertz CT molecular complexity index is 1160. The third kappa shape index (κ3) is 4.27. The lowest BCUT2D eigenvalue weighted by Crippen LogP contribution is -2.08. The first-order valence-electron chi connectivity index (χ1n) is 8.53. The molecule has 0 radical (unpaired) electrons. The Labute approximate surface area is 167 Å². The molecule has 0 aliphatic carbocycles. The number of aromatic nitrogens is 6. The number of amides is 1. The summed E-state index contributed by atoms with van der Waals surface area (Å²) in [6, 6.07) is 6.62. The summed E-state index contributed by atoms with van der Waals surface area (Å²) >= 11 is 0. The van der Waals surface area contributed by atoms with Crippen LogP contribution in [0.25, 0.3) is 22.7 Å². The third-order valence-electron chi connectivity index (χ3n) is 3.97. The van der Waals surface area contributed by atoms with E-state index in [0.29, 0.717) is 23.5 Å². The van der Waals surface area contributed by atoms with Crippen molar-refractivity contribution in [2.24, 2.45) is 0 Å². The van der Waals surface area contributed by atoms with Crippen molar-refractivity contribution in [3.63, 3.8) is 0 Å². The fourth-order valence-electron chi connectivity index (χ4n) is 2.60. The van der Waals surface area contributed by atoms with E-state index < -0.39 is 18.4 Å². The van der Waals surface area contributed by atoms with E-state index in [-0.39, 0.29) is 11.7 Å². The van der Waals surface area contributed by atoms with Gasteiger partial charge in [-0.15, -0.1) is 10.2 Å². The second-order valence-corrected chi connectivity index (χ2v) is 6.08. The summed E-state index contributed by atoms with van der Waals surface area (Å²) in [5.41, 5.74) is 2.52. The van der Waals surface area contributed by atoms with Crippen LogP contribution in [-0.2, 0) is 6.54 Å². The molecule has 0 saturated heterocycles. The molecule has 0 bridgehead atoms. The average Bonchev–Trinajstić information content (AvgIpc) is 3.39. The predicted molar refractivity (Wildman–Crippen MR) is 98.7 cm³/mol. The molecule has 152 valence electrons. The maximum absolute atomic E-state index is 12.5. The normalized spacial score (nSPS) is 11.0. The summed E-state index contributed by atoms with van der Waals surface area (Å²) < 4.78 is 31.8. The van der Waals surface area contributed by atoms with Crippen LogP contribution < -0.4 is 5.32 Å². The van der Waals surface area contributed by atoms with Gasteiger partial charge in [0.25, 0.3) is 5.89 Å². The van der Waals surface area contributed by atoms with E-state index in [9.17, 15) is 13.6 Å². The van der Waals surface area contributed by atoms with Crippen molar-refractivity contribution in [3.05, 3.63) is 60.8 Å². The van der Waals surface area contributed by atoms with Crippen molar-refractivity contribution in [2.45, 2.75) is 13.0 Å². The van der Waals surface area contributed by atoms with Gasteiger partial charge in [-0.25, -0.2) is 14.8 Å². The van der Waals surface area contributed by atoms with Crippen LogP contribution in [-0.4, -0.2) is 40.9 Å². The summed E-state index contributed by atoms with van der Waals surface area (Å²) in [7, 11) is 0. The second-order valence-electron chi connectivity index (χ2n) is 6.08. The van der Waals surface area contributed by atoms with Gasteiger partial charge in [-0.2, -0.15) is 8.78 Å². The van der Waals surface area contributed by atoms with Gasteiger partial charge in [0.1, 0.15) is 5.82 Å². The molecular formula is C18H13F2N7O3. The van der Waals surface area contributed by atoms with E-state index in [1.807, 2.05) is 4.57 Å². The highest BCUT2D eigenvalue weighted by molar-refractivity contribution is 5.81. The van der Waals surface area contributed by atoms with Crippen molar-refractivity contribution in [3.8, 4) is 22.7 Å². The highest BCUT2D eigenvalue weighted by Crippen LogP contribution is 2.23. The summed E-state index contributed by atoms with van der Waals surface area (Å²) in [6.45, 7) is 0.422. The molecule has 1 amide bonds. The number of carboxylic acid groups (broad SMARTS) is 1. The molecule has 0 aliphatic heterocycles. The summed E-state index contributed by atoms with van der Waals surface area (Å²) in [4.78, 5) is 23.2. The van der Waals surface area contributed by atoms with Gasteiger partial charge in [0.05, 0.1) is 29.8 Å². The van der Waals surface area contributed by atoms with E-state index in [0.717, 1.165) is 5.56 Å². The summed E-state index contributed by atoms with van der Waals surface area (Å²) in [5, 5.41) is 17.7. The minimum atomic E-state index is -2.83. The van der Waals surface area contributed by atoms with E-state index in [4.69, 9.17) is 9.52 Å². The topological polar surface area (TPSA) is 132 Å². The molecule has 0 unspecified atom stereocenters. The molecule has 4 heterocycles. The van der Waals surface area contributed by atoms with E-state index in [1.54, 1.807) is 36.8 Å². The van der Waals surface area contributed by atoms with Crippen molar-refractivity contribution < 1.29 is 23.1 Å². The summed E-state index contributed by atoms with van der Waals surface area (Å²) in [6.07, 6.45) is 2.39. The van der Waals surface area contributed by atoms with Crippen LogP contribution in [0, 0.1) is 0 Å². The molecular weight excluding hydrogens is 400 g/mol. The number of alkyl halides is 2. The van der Waals surface area contributed by atoms with Gasteiger partial charge in [-0.05, 0) is 24.3 Å². The van der Waals surface area contributed by atoms with Gasteiger partial charge >= 0.3 is 12.5 Å². The molecule has 4 rings (SSSR count). The van der Waals surface area contributed by atoms with Crippen LogP contribution in [0.1, 0.15) is 18.0 Å². The zero-order chi connectivity index (χ0) is 21.1. The van der Waals surface area contributed by atoms with Gasteiger partial charge < -0.3 is 14.1 Å². The molecule has 0 atom stereocenters. The first-order chi connectivity index (χ1) is 14.5. The van der Waals surface area contributed by atoms with Crippen LogP contribution in [0.2, 0.25) is 0 Å². The lowest BCUT2D eigenvalue weighted by molar-refractivity contribution is 0.116. The quantitative estimate of drug-likeness (QED) is 0.491. The first-order valence-corrected chi connectivity index (χ1v) is 8.53. The number of nitrogens with one attached hydrogen (secondary N) is 1. The Morgan fingerprint density at radius 1 is 1.10 bits per heavy atom. The van der Waals surface area contributed by atoms with Crippen LogP contribution in [0.15, 0.2) is 53.6 Å². The minimum absolute atomic E-state index is 0.0254. The van der Waals surface area contributed by atoms with Crippen molar-refractivity contribution in [1.82, 2.24) is 29.7 Å². The first kappa shape index (κ1) is 19.1. The van der Waals surface area contributed by atoms with E-state index in [1.165, 1.54) is 12.4 Å². The maximum atomic E-state index is 12.5. The number of nitrogens with zero attached hydrogens (tertiary/aromatic N) is 6. The molecule has 10 nitrogen and oxygen atoms in total. The van der Waals surface area contributed by atoms with E-state index >= 15 is 0 Å². The van der Waals surface area contributed by atoms with Crippen molar-refractivity contribution in [2.75, 3.05) is 5.32 Å². The predicted octanol–water partition coefficient (Wildman–Crippen LogP) is 3.47. The number of anilines is 1. The highest BCUT2D eigenvalue weighted by Gasteiger charge is 2.17. The molecule has 0 fully saturated rings. The van der Waals surface area contributed by atoms with Gasteiger partial charge in [0.2, 0.25) is 5.89 Å². The van der Waals surface area contributed by atoms with Gasteiger partial charge in [0, 0.05) is 24.2 Å². The Morgan fingerprint density at radius 3 is 2.53 bits per heavy atom. The van der Waals surface area contributed by atoms with Crippen LogP contribution in [0.4, 0.5) is 19.4 Å². The number of carbonyl (C=O) groups is 1. The molecule has 0 aliphatic rings. The van der Waals surface area contributed by atoms with Gasteiger partial charge in [-0.1, -0.05) is 0 Å². The van der Waals surface area contributed by atoms with Crippen LogP contribution >= 0.6 is 0 Å². The third-order valence-corrected chi connectivity index (χ3v) is 3.97. The molecule has 30 heavy (non-hydrogen) atoms. The van der Waals surface area contributed by atoms with E-state index in [2.05, 4.69) is 30.5 Å². The standard InChI is InChI=1S/C18H13F2N7O3/c19-15(20)17-26-25-16(30-17)11-1-3-12(21-6-11)7-27-8-13(23-9-27)10-2-4-14(22-5-10)24-18(28)29/h1-6,8-9,15H,7H2,(H,22,24)(H,28,29). The van der Waals surface area contributed by atoms with Gasteiger partial charge in [0.15, 0.2) is 0 Å². The van der Waals surface area contributed by atoms with Crippen LogP contribution in [0.5, 0.6) is 0 Å².